The number of halogens is 2. The van der Waals surface area contributed by atoms with E-state index < -0.39 is 0 Å². The lowest BCUT2D eigenvalue weighted by Crippen LogP contribution is -2.11. The van der Waals surface area contributed by atoms with E-state index in [0.717, 1.165) is 11.3 Å². The van der Waals surface area contributed by atoms with Gasteiger partial charge in [-0.1, -0.05) is 35.3 Å². The second kappa shape index (κ2) is 6.29. The molecule has 19 heavy (non-hydrogen) atoms. The maximum atomic E-state index is 6.09. The normalized spacial score (nSPS) is 12.2. The molecule has 1 N–H and O–H groups in total. The van der Waals surface area contributed by atoms with Crippen molar-refractivity contribution in [2.24, 2.45) is 0 Å². The van der Waals surface area contributed by atoms with E-state index in [2.05, 4.69) is 18.3 Å². The summed E-state index contributed by atoms with van der Waals surface area (Å²) in [6, 6.07) is 13.4. The lowest BCUT2D eigenvalue weighted by atomic mass is 10.1. The molecule has 0 aliphatic rings. The van der Waals surface area contributed by atoms with Crippen LogP contribution in [0.2, 0.25) is 10.0 Å². The van der Waals surface area contributed by atoms with Crippen LogP contribution in [0.4, 0.5) is 0 Å². The standard InChI is InChI=1S/C15H15Cl2NO/c1-10(18-2)11-4-3-5-13(8-11)19-15-7-6-12(16)9-14(15)17/h3-10,18H,1-2H3. The molecule has 0 fully saturated rings. The van der Waals surface area contributed by atoms with Gasteiger partial charge < -0.3 is 10.1 Å². The van der Waals surface area contributed by atoms with Crippen LogP contribution in [0.3, 0.4) is 0 Å². The summed E-state index contributed by atoms with van der Waals surface area (Å²) in [7, 11) is 1.92. The van der Waals surface area contributed by atoms with Gasteiger partial charge in [0.1, 0.15) is 11.5 Å². The third kappa shape index (κ3) is 3.63. The van der Waals surface area contributed by atoms with Crippen molar-refractivity contribution in [2.75, 3.05) is 7.05 Å². The molecule has 0 aliphatic carbocycles. The van der Waals surface area contributed by atoms with Crippen molar-refractivity contribution in [1.82, 2.24) is 5.32 Å². The number of benzene rings is 2. The molecule has 2 aromatic rings. The Kier molecular flexibility index (Phi) is 4.70. The maximum Gasteiger partial charge on any atom is 0.146 e. The van der Waals surface area contributed by atoms with Crippen LogP contribution in [-0.2, 0) is 0 Å². The van der Waals surface area contributed by atoms with Crippen LogP contribution in [0, 0.1) is 0 Å². The van der Waals surface area contributed by atoms with Gasteiger partial charge in [-0.15, -0.1) is 0 Å². The highest BCUT2D eigenvalue weighted by atomic mass is 35.5. The van der Waals surface area contributed by atoms with Gasteiger partial charge in [0.2, 0.25) is 0 Å². The molecule has 0 aliphatic heterocycles. The summed E-state index contributed by atoms with van der Waals surface area (Å²) in [5, 5.41) is 4.28. The van der Waals surface area contributed by atoms with Crippen molar-refractivity contribution in [1.29, 1.82) is 0 Å². The molecule has 0 amide bonds. The van der Waals surface area contributed by atoms with Gasteiger partial charge in [-0.3, -0.25) is 0 Å². The van der Waals surface area contributed by atoms with Crippen molar-refractivity contribution in [3.8, 4) is 11.5 Å². The fourth-order valence-corrected chi connectivity index (χ4v) is 2.15. The molecular formula is C15H15Cl2NO. The van der Waals surface area contributed by atoms with Gasteiger partial charge in [0.15, 0.2) is 0 Å². The minimum atomic E-state index is 0.268. The zero-order valence-corrected chi connectivity index (χ0v) is 12.3. The Hall–Kier alpha value is -1.22. The number of ether oxygens (including phenoxy) is 1. The number of hydrogen-bond donors (Lipinski definition) is 1. The molecular weight excluding hydrogens is 281 g/mol. The summed E-state index contributed by atoms with van der Waals surface area (Å²) in [6.45, 7) is 2.09. The molecule has 0 saturated carbocycles. The Bertz CT molecular complexity index is 572. The van der Waals surface area contributed by atoms with Crippen molar-refractivity contribution in [3.63, 3.8) is 0 Å². The van der Waals surface area contributed by atoms with E-state index in [1.807, 2.05) is 25.2 Å². The predicted octanol–water partition coefficient (Wildman–Crippen LogP) is 5.07. The number of rotatable bonds is 4. The zero-order valence-electron chi connectivity index (χ0n) is 10.8. The van der Waals surface area contributed by atoms with Crippen LogP contribution in [0.15, 0.2) is 42.5 Å². The first-order valence-electron chi connectivity index (χ1n) is 6.00. The molecule has 0 bridgehead atoms. The van der Waals surface area contributed by atoms with Crippen molar-refractivity contribution in [2.45, 2.75) is 13.0 Å². The Morgan fingerprint density at radius 3 is 2.58 bits per heavy atom. The van der Waals surface area contributed by atoms with Crippen LogP contribution in [0.1, 0.15) is 18.5 Å². The third-order valence-corrected chi connectivity index (χ3v) is 3.44. The fraction of sp³-hybridized carbons (Fsp3) is 0.200. The van der Waals surface area contributed by atoms with Gasteiger partial charge in [0, 0.05) is 11.1 Å². The van der Waals surface area contributed by atoms with E-state index in [9.17, 15) is 0 Å². The van der Waals surface area contributed by atoms with Gasteiger partial charge >= 0.3 is 0 Å². The fourth-order valence-electron chi connectivity index (χ4n) is 1.70. The first-order chi connectivity index (χ1) is 9.10. The molecule has 2 aromatic carbocycles. The van der Waals surface area contributed by atoms with E-state index in [4.69, 9.17) is 27.9 Å². The summed E-state index contributed by atoms with van der Waals surface area (Å²) in [4.78, 5) is 0. The van der Waals surface area contributed by atoms with E-state index in [0.29, 0.717) is 15.8 Å². The molecule has 0 heterocycles. The van der Waals surface area contributed by atoms with Gasteiger partial charge in [-0.25, -0.2) is 0 Å². The number of nitrogens with one attached hydrogen (secondary N) is 1. The highest BCUT2D eigenvalue weighted by Gasteiger charge is 2.07. The summed E-state index contributed by atoms with van der Waals surface area (Å²) in [6.07, 6.45) is 0. The second-order valence-electron chi connectivity index (χ2n) is 4.26. The average Bonchev–Trinajstić information content (AvgIpc) is 2.41. The lowest BCUT2D eigenvalue weighted by molar-refractivity contribution is 0.481. The minimum absolute atomic E-state index is 0.268. The molecule has 100 valence electrons. The third-order valence-electron chi connectivity index (χ3n) is 2.91. The Labute approximate surface area is 123 Å². The second-order valence-corrected chi connectivity index (χ2v) is 5.10. The van der Waals surface area contributed by atoms with Gasteiger partial charge in [0.05, 0.1) is 5.02 Å². The smallest absolute Gasteiger partial charge is 0.146 e. The van der Waals surface area contributed by atoms with Gasteiger partial charge in [-0.2, -0.15) is 0 Å². The van der Waals surface area contributed by atoms with Crippen molar-refractivity contribution in [3.05, 3.63) is 58.1 Å². The summed E-state index contributed by atoms with van der Waals surface area (Å²) >= 11 is 11.9. The predicted molar refractivity (Wildman–Crippen MR) is 80.5 cm³/mol. The Balaban J connectivity index is 2.23. The van der Waals surface area contributed by atoms with Crippen LogP contribution in [0.5, 0.6) is 11.5 Å². The zero-order chi connectivity index (χ0) is 13.8. The minimum Gasteiger partial charge on any atom is -0.456 e. The van der Waals surface area contributed by atoms with E-state index in [1.54, 1.807) is 18.2 Å². The first-order valence-corrected chi connectivity index (χ1v) is 6.76. The Morgan fingerprint density at radius 1 is 1.11 bits per heavy atom. The molecule has 1 atom stereocenters. The van der Waals surface area contributed by atoms with Crippen LogP contribution >= 0.6 is 23.2 Å². The Morgan fingerprint density at radius 2 is 1.89 bits per heavy atom. The highest BCUT2D eigenvalue weighted by Crippen LogP contribution is 2.32. The van der Waals surface area contributed by atoms with Crippen LogP contribution in [-0.4, -0.2) is 7.05 Å². The first kappa shape index (κ1) is 14.2. The highest BCUT2D eigenvalue weighted by molar-refractivity contribution is 6.35. The topological polar surface area (TPSA) is 21.3 Å². The summed E-state index contributed by atoms with van der Waals surface area (Å²) in [5.74, 6) is 1.35. The van der Waals surface area contributed by atoms with Crippen LogP contribution in [0.25, 0.3) is 0 Å². The largest absolute Gasteiger partial charge is 0.456 e. The maximum absolute atomic E-state index is 6.09. The van der Waals surface area contributed by atoms with Crippen LogP contribution < -0.4 is 10.1 Å². The summed E-state index contributed by atoms with van der Waals surface area (Å²) < 4.78 is 5.78. The lowest BCUT2D eigenvalue weighted by Gasteiger charge is -2.13. The SMILES string of the molecule is CNC(C)c1cccc(Oc2ccc(Cl)cc2Cl)c1. The average molecular weight is 296 g/mol. The van der Waals surface area contributed by atoms with E-state index >= 15 is 0 Å². The van der Waals surface area contributed by atoms with E-state index in [-0.39, 0.29) is 6.04 Å². The van der Waals surface area contributed by atoms with Gasteiger partial charge in [-0.05, 0) is 49.9 Å². The van der Waals surface area contributed by atoms with Crippen molar-refractivity contribution < 1.29 is 4.74 Å². The van der Waals surface area contributed by atoms with Gasteiger partial charge in [0.25, 0.3) is 0 Å². The molecule has 0 spiro atoms. The molecule has 0 saturated heterocycles. The molecule has 2 nitrogen and oxygen atoms in total. The number of hydrogen-bond acceptors (Lipinski definition) is 2. The van der Waals surface area contributed by atoms with Crippen molar-refractivity contribution >= 4 is 23.2 Å². The molecule has 4 heteroatoms. The molecule has 0 radical (unpaired) electrons. The monoisotopic (exact) mass is 295 g/mol. The quantitative estimate of drug-likeness (QED) is 0.850. The molecule has 1 unspecified atom stereocenters. The summed E-state index contributed by atoms with van der Waals surface area (Å²) in [5.41, 5.74) is 1.16. The van der Waals surface area contributed by atoms with E-state index in [1.165, 1.54) is 0 Å². The molecule has 2 rings (SSSR count). The molecule has 0 aromatic heterocycles.